The van der Waals surface area contributed by atoms with Crippen LogP contribution in [0, 0.1) is 0 Å². The second-order valence-electron chi connectivity index (χ2n) is 4.52. The van der Waals surface area contributed by atoms with E-state index in [1.54, 1.807) is 0 Å². The lowest BCUT2D eigenvalue weighted by atomic mass is 10.2. The number of nitrogens with zero attached hydrogens (tertiary/aromatic N) is 1. The molecule has 0 aliphatic carbocycles. The smallest absolute Gasteiger partial charge is 0.129 e. The van der Waals surface area contributed by atoms with Gasteiger partial charge in [-0.05, 0) is 24.1 Å². The van der Waals surface area contributed by atoms with Gasteiger partial charge in [-0.3, -0.25) is 0 Å². The number of hydrogen-bond acceptors (Lipinski definition) is 3. The molecular formula is C16H19ClN2S. The number of nitrogens with one attached hydrogen (secondary N) is 1. The van der Waals surface area contributed by atoms with E-state index in [1.165, 1.54) is 11.1 Å². The van der Waals surface area contributed by atoms with Crippen LogP contribution in [0.5, 0.6) is 0 Å². The average molecular weight is 307 g/mol. The van der Waals surface area contributed by atoms with Crippen LogP contribution in [0.25, 0.3) is 0 Å². The van der Waals surface area contributed by atoms with Crippen LogP contribution in [0.2, 0.25) is 5.02 Å². The van der Waals surface area contributed by atoms with Crippen molar-refractivity contribution in [3.8, 4) is 0 Å². The summed E-state index contributed by atoms with van der Waals surface area (Å²) < 4.78 is 0. The highest BCUT2D eigenvalue weighted by atomic mass is 35.5. The Bertz CT molecular complexity index is 546. The zero-order chi connectivity index (χ0) is 14.2. The molecule has 4 heteroatoms. The largest absolute Gasteiger partial charge is 0.370 e. The Balaban J connectivity index is 1.92. The minimum atomic E-state index is 0.843. The number of hydrogen-bond donors (Lipinski definition) is 1. The number of aromatic nitrogens is 1. The van der Waals surface area contributed by atoms with E-state index in [1.807, 2.05) is 42.2 Å². The SMILES string of the molecule is CCCNc1ncccc1CSCc1ccccc1Cl. The molecule has 1 N–H and O–H groups in total. The maximum Gasteiger partial charge on any atom is 0.129 e. The first kappa shape index (κ1) is 15.2. The molecule has 1 aromatic carbocycles. The summed E-state index contributed by atoms with van der Waals surface area (Å²) in [5.74, 6) is 2.85. The lowest BCUT2D eigenvalue weighted by molar-refractivity contribution is 0.965. The molecule has 1 heterocycles. The molecule has 1 aromatic heterocycles. The van der Waals surface area contributed by atoms with E-state index in [9.17, 15) is 0 Å². The van der Waals surface area contributed by atoms with Gasteiger partial charge in [0.2, 0.25) is 0 Å². The lowest BCUT2D eigenvalue weighted by Gasteiger charge is -2.10. The average Bonchev–Trinajstić information content (AvgIpc) is 2.48. The van der Waals surface area contributed by atoms with Crippen molar-refractivity contribution in [3.63, 3.8) is 0 Å². The zero-order valence-electron chi connectivity index (χ0n) is 11.6. The van der Waals surface area contributed by atoms with Crippen molar-refractivity contribution < 1.29 is 0 Å². The van der Waals surface area contributed by atoms with Gasteiger partial charge in [0, 0.05) is 34.8 Å². The molecule has 0 unspecified atom stereocenters. The fourth-order valence-electron chi connectivity index (χ4n) is 1.84. The predicted molar refractivity (Wildman–Crippen MR) is 89.5 cm³/mol. The highest BCUT2D eigenvalue weighted by Crippen LogP contribution is 2.25. The normalized spacial score (nSPS) is 10.5. The molecule has 0 saturated heterocycles. The van der Waals surface area contributed by atoms with Gasteiger partial charge in [-0.1, -0.05) is 42.8 Å². The van der Waals surface area contributed by atoms with Crippen LogP contribution in [0.3, 0.4) is 0 Å². The number of thioether (sulfide) groups is 1. The van der Waals surface area contributed by atoms with E-state index in [-0.39, 0.29) is 0 Å². The second kappa shape index (κ2) is 8.18. The zero-order valence-corrected chi connectivity index (χ0v) is 13.2. The summed E-state index contributed by atoms with van der Waals surface area (Å²) in [6.07, 6.45) is 2.93. The number of halogens is 1. The fourth-order valence-corrected chi connectivity index (χ4v) is 3.15. The highest BCUT2D eigenvalue weighted by molar-refractivity contribution is 7.97. The van der Waals surface area contributed by atoms with E-state index in [0.717, 1.165) is 35.3 Å². The van der Waals surface area contributed by atoms with Crippen LogP contribution in [-0.4, -0.2) is 11.5 Å². The number of rotatable bonds is 7. The van der Waals surface area contributed by atoms with Gasteiger partial charge in [-0.25, -0.2) is 4.98 Å². The number of benzene rings is 1. The van der Waals surface area contributed by atoms with E-state index < -0.39 is 0 Å². The van der Waals surface area contributed by atoms with Crippen LogP contribution in [0.4, 0.5) is 5.82 Å². The Kier molecular flexibility index (Phi) is 6.22. The third kappa shape index (κ3) is 4.43. The molecule has 0 saturated carbocycles. The molecular weight excluding hydrogens is 288 g/mol. The summed E-state index contributed by atoms with van der Waals surface area (Å²) in [5, 5.41) is 4.22. The summed E-state index contributed by atoms with van der Waals surface area (Å²) in [6, 6.07) is 12.1. The van der Waals surface area contributed by atoms with Crippen LogP contribution in [0.15, 0.2) is 42.6 Å². The Hall–Kier alpha value is -1.19. The molecule has 0 aliphatic heterocycles. The van der Waals surface area contributed by atoms with E-state index in [2.05, 4.69) is 29.4 Å². The summed E-state index contributed by atoms with van der Waals surface area (Å²) in [4.78, 5) is 4.41. The van der Waals surface area contributed by atoms with Crippen molar-refractivity contribution in [2.75, 3.05) is 11.9 Å². The maximum absolute atomic E-state index is 6.17. The summed E-state index contributed by atoms with van der Waals surface area (Å²) in [6.45, 7) is 3.11. The summed E-state index contributed by atoms with van der Waals surface area (Å²) >= 11 is 8.02. The monoisotopic (exact) mass is 306 g/mol. The first-order valence-electron chi connectivity index (χ1n) is 6.80. The van der Waals surface area contributed by atoms with Gasteiger partial charge < -0.3 is 5.32 Å². The summed E-state index contributed by atoms with van der Waals surface area (Å²) in [5.41, 5.74) is 2.43. The predicted octanol–water partition coefficient (Wildman–Crippen LogP) is 4.99. The van der Waals surface area contributed by atoms with Crippen LogP contribution in [0.1, 0.15) is 24.5 Å². The van der Waals surface area contributed by atoms with Crippen molar-refractivity contribution in [2.24, 2.45) is 0 Å². The Morgan fingerprint density at radius 2 is 1.85 bits per heavy atom. The topological polar surface area (TPSA) is 24.9 Å². The van der Waals surface area contributed by atoms with Gasteiger partial charge in [0.1, 0.15) is 5.82 Å². The second-order valence-corrected chi connectivity index (χ2v) is 5.91. The minimum absolute atomic E-state index is 0.843. The molecule has 0 bridgehead atoms. The standard InChI is InChI=1S/C16H19ClN2S/c1-2-9-18-16-14(7-5-10-19-16)12-20-11-13-6-3-4-8-15(13)17/h3-8,10H,2,9,11-12H2,1H3,(H,18,19). The van der Waals surface area contributed by atoms with Gasteiger partial charge in [0.15, 0.2) is 0 Å². The van der Waals surface area contributed by atoms with E-state index in [4.69, 9.17) is 11.6 Å². The van der Waals surface area contributed by atoms with Gasteiger partial charge in [0.25, 0.3) is 0 Å². The van der Waals surface area contributed by atoms with Crippen molar-refractivity contribution in [1.82, 2.24) is 4.98 Å². The van der Waals surface area contributed by atoms with Crippen molar-refractivity contribution in [2.45, 2.75) is 24.9 Å². The fraction of sp³-hybridized carbons (Fsp3) is 0.312. The van der Waals surface area contributed by atoms with Gasteiger partial charge in [-0.2, -0.15) is 11.8 Å². The molecule has 0 aliphatic rings. The molecule has 2 nitrogen and oxygen atoms in total. The van der Waals surface area contributed by atoms with Gasteiger partial charge in [-0.15, -0.1) is 0 Å². The lowest BCUT2D eigenvalue weighted by Crippen LogP contribution is -2.04. The minimum Gasteiger partial charge on any atom is -0.370 e. The van der Waals surface area contributed by atoms with Crippen LogP contribution < -0.4 is 5.32 Å². The number of anilines is 1. The van der Waals surface area contributed by atoms with Gasteiger partial charge >= 0.3 is 0 Å². The molecule has 20 heavy (non-hydrogen) atoms. The Morgan fingerprint density at radius 3 is 2.65 bits per heavy atom. The van der Waals surface area contributed by atoms with Crippen LogP contribution >= 0.6 is 23.4 Å². The third-order valence-corrected chi connectivity index (χ3v) is 4.31. The molecule has 2 rings (SSSR count). The first-order chi connectivity index (χ1) is 9.81. The highest BCUT2D eigenvalue weighted by Gasteiger charge is 2.04. The first-order valence-corrected chi connectivity index (χ1v) is 8.33. The Labute approximate surface area is 130 Å². The van der Waals surface area contributed by atoms with E-state index >= 15 is 0 Å². The third-order valence-electron chi connectivity index (χ3n) is 2.91. The Morgan fingerprint density at radius 1 is 1.10 bits per heavy atom. The quantitative estimate of drug-likeness (QED) is 0.780. The molecule has 2 aromatic rings. The van der Waals surface area contributed by atoms with Crippen molar-refractivity contribution in [3.05, 3.63) is 58.7 Å². The van der Waals surface area contributed by atoms with Crippen molar-refractivity contribution >= 4 is 29.2 Å². The molecule has 0 spiro atoms. The molecule has 0 amide bonds. The molecule has 106 valence electrons. The van der Waals surface area contributed by atoms with E-state index in [0.29, 0.717) is 0 Å². The molecule has 0 fully saturated rings. The summed E-state index contributed by atoms with van der Waals surface area (Å²) in [7, 11) is 0. The molecule has 0 atom stereocenters. The van der Waals surface area contributed by atoms with Crippen molar-refractivity contribution in [1.29, 1.82) is 0 Å². The van der Waals surface area contributed by atoms with Crippen LogP contribution in [-0.2, 0) is 11.5 Å². The maximum atomic E-state index is 6.17. The number of pyridine rings is 1. The molecule has 0 radical (unpaired) electrons. The van der Waals surface area contributed by atoms with Gasteiger partial charge in [0.05, 0.1) is 0 Å².